The molecule has 5 aromatic rings. The number of aromatic nitrogens is 3. The molecule has 0 fully saturated rings. The van der Waals surface area contributed by atoms with Crippen molar-refractivity contribution < 1.29 is 18.2 Å². The van der Waals surface area contributed by atoms with Crippen molar-refractivity contribution in [3.05, 3.63) is 106 Å². The predicted molar refractivity (Wildman–Crippen MR) is 158 cm³/mol. The summed E-state index contributed by atoms with van der Waals surface area (Å²) in [7, 11) is -3.40. The molecule has 3 aromatic heterocycles. The highest BCUT2D eigenvalue weighted by Gasteiger charge is 2.24. The Hall–Kier alpha value is -5.05. The summed E-state index contributed by atoms with van der Waals surface area (Å²) in [5, 5.41) is 4.72. The number of anilines is 1. The number of nitrogens with zero attached hydrogens (tertiary/aromatic N) is 2. The summed E-state index contributed by atoms with van der Waals surface area (Å²) in [6, 6.07) is 19.2. The average molecular weight is 568 g/mol. The number of aromatic amines is 1. The lowest BCUT2D eigenvalue weighted by Crippen LogP contribution is -2.33. The van der Waals surface area contributed by atoms with Crippen LogP contribution in [0.25, 0.3) is 27.4 Å². The second kappa shape index (κ2) is 11.2. The molecule has 41 heavy (non-hydrogen) atoms. The second-order valence-corrected chi connectivity index (χ2v) is 11.3. The number of nitrogens with one attached hydrogen (secondary N) is 3. The molecule has 0 spiro atoms. The van der Waals surface area contributed by atoms with E-state index in [1.54, 1.807) is 60.3 Å². The smallest absolute Gasteiger partial charge is 0.285 e. The molecular formula is C30H27N6O4S+. The lowest BCUT2D eigenvalue weighted by atomic mass is 10.0. The standard InChI is InChI=1S/C30H26N6O4S/c1-19(35-29(37)26-27-22(12-7-15-32-27)18-33-28(26)31)24-17-21-10-6-9-20(11-8-16-34-41(2,39)40)25(21)30(38)36(24)23-13-4-3-5-14-23/h3-7,9-10,12-15,17-19,34H,16H2,1-2H3,(H2,31,33)(H,35,37)/p+1. The summed E-state index contributed by atoms with van der Waals surface area (Å²) < 4.78 is 26.6. The number of hydrogen-bond acceptors (Lipinski definition) is 6. The molecule has 11 heteroatoms. The van der Waals surface area contributed by atoms with Crippen molar-refractivity contribution in [2.24, 2.45) is 0 Å². The lowest BCUT2D eigenvalue weighted by Gasteiger charge is -2.21. The number of H-pyrrole nitrogens is 1. The normalized spacial score (nSPS) is 12.0. The van der Waals surface area contributed by atoms with Crippen LogP contribution >= 0.6 is 0 Å². The highest BCUT2D eigenvalue weighted by molar-refractivity contribution is 7.88. The van der Waals surface area contributed by atoms with E-state index in [1.807, 2.05) is 30.3 Å². The Morgan fingerprint density at radius 3 is 2.61 bits per heavy atom. The van der Waals surface area contributed by atoms with Crippen molar-refractivity contribution >= 4 is 43.4 Å². The summed E-state index contributed by atoms with van der Waals surface area (Å²) in [6.45, 7) is 1.70. The molecule has 0 saturated carbocycles. The topological polar surface area (TPSA) is 150 Å². The SMILES string of the molecule is CC(NC(=O)c1c(N)[nH+]cc2cccnc12)c1cc2cccc(C#CCNS(C)(=O)=O)c2c(=O)n1-c1ccccc1. The molecule has 5 N–H and O–H groups in total. The third-order valence-corrected chi connectivity index (χ3v) is 7.15. The maximum Gasteiger partial charge on any atom is 0.285 e. The fraction of sp³-hybridized carbons (Fsp3) is 0.133. The zero-order valence-corrected chi connectivity index (χ0v) is 23.1. The summed E-state index contributed by atoms with van der Waals surface area (Å²) in [5.41, 5.74) is 8.10. The lowest BCUT2D eigenvalue weighted by molar-refractivity contribution is -0.358. The third kappa shape index (κ3) is 5.79. The number of benzene rings is 2. The van der Waals surface area contributed by atoms with Gasteiger partial charge < -0.3 is 5.32 Å². The number of nitrogens with two attached hydrogens (primary N) is 1. The van der Waals surface area contributed by atoms with Crippen LogP contribution in [-0.4, -0.2) is 36.7 Å². The monoisotopic (exact) mass is 567 g/mol. The van der Waals surface area contributed by atoms with Crippen LogP contribution in [0.15, 0.2) is 83.9 Å². The fourth-order valence-electron chi connectivity index (χ4n) is 4.63. The number of rotatable bonds is 6. The van der Waals surface area contributed by atoms with Crippen LogP contribution < -0.4 is 26.3 Å². The van der Waals surface area contributed by atoms with Gasteiger partial charge in [0.1, 0.15) is 0 Å². The van der Waals surface area contributed by atoms with Gasteiger partial charge in [-0.25, -0.2) is 18.1 Å². The van der Waals surface area contributed by atoms with E-state index in [2.05, 4.69) is 31.8 Å². The predicted octanol–water partition coefficient (Wildman–Crippen LogP) is 2.33. The van der Waals surface area contributed by atoms with E-state index in [0.717, 1.165) is 11.6 Å². The van der Waals surface area contributed by atoms with Gasteiger partial charge in [0.05, 0.1) is 35.9 Å². The van der Waals surface area contributed by atoms with Crippen LogP contribution in [0, 0.1) is 11.8 Å². The van der Waals surface area contributed by atoms with Crippen LogP contribution in [0.5, 0.6) is 0 Å². The van der Waals surface area contributed by atoms with E-state index in [-0.39, 0.29) is 23.5 Å². The molecule has 206 valence electrons. The van der Waals surface area contributed by atoms with E-state index in [1.165, 1.54) is 0 Å². The number of hydrogen-bond donors (Lipinski definition) is 3. The quantitative estimate of drug-likeness (QED) is 0.268. The summed E-state index contributed by atoms with van der Waals surface area (Å²) >= 11 is 0. The molecule has 0 aliphatic carbocycles. The van der Waals surface area contributed by atoms with Crippen molar-refractivity contribution in [2.45, 2.75) is 13.0 Å². The molecule has 0 radical (unpaired) electrons. The highest BCUT2D eigenvalue weighted by atomic mass is 32.2. The van der Waals surface area contributed by atoms with Crippen molar-refractivity contribution in [3.8, 4) is 17.5 Å². The number of nitrogen functional groups attached to an aromatic ring is 1. The van der Waals surface area contributed by atoms with Crippen LogP contribution in [0.1, 0.15) is 34.6 Å². The average Bonchev–Trinajstić information content (AvgIpc) is 2.95. The van der Waals surface area contributed by atoms with Gasteiger partial charge in [-0.2, -0.15) is 0 Å². The Bertz CT molecular complexity index is 2030. The van der Waals surface area contributed by atoms with Gasteiger partial charge in [0, 0.05) is 28.5 Å². The minimum absolute atomic E-state index is 0.0904. The maximum absolute atomic E-state index is 14.1. The summed E-state index contributed by atoms with van der Waals surface area (Å²) in [6.07, 6.45) is 4.33. The number of carbonyl (C=O) groups is 1. The molecule has 2 aromatic carbocycles. The minimum Gasteiger partial charge on any atom is -0.344 e. The van der Waals surface area contributed by atoms with Gasteiger partial charge in [0.15, 0.2) is 5.56 Å². The summed E-state index contributed by atoms with van der Waals surface area (Å²) in [5.74, 6) is 5.42. The number of amides is 1. The first-order chi connectivity index (χ1) is 19.6. The van der Waals surface area contributed by atoms with E-state index < -0.39 is 22.0 Å². The number of sulfonamides is 1. The van der Waals surface area contributed by atoms with Gasteiger partial charge in [0.25, 0.3) is 17.3 Å². The Morgan fingerprint density at radius 2 is 1.85 bits per heavy atom. The van der Waals surface area contributed by atoms with Gasteiger partial charge in [-0.05, 0) is 48.7 Å². The van der Waals surface area contributed by atoms with Gasteiger partial charge in [-0.15, -0.1) is 0 Å². The molecule has 0 saturated heterocycles. The van der Waals surface area contributed by atoms with Crippen LogP contribution in [0.4, 0.5) is 5.82 Å². The first-order valence-electron chi connectivity index (χ1n) is 12.7. The van der Waals surface area contributed by atoms with Crippen LogP contribution in [0.2, 0.25) is 0 Å². The largest absolute Gasteiger partial charge is 0.344 e. The minimum atomic E-state index is -3.40. The van der Waals surface area contributed by atoms with Crippen molar-refractivity contribution in [1.82, 2.24) is 19.6 Å². The molecule has 1 amide bonds. The Labute approximate surface area is 236 Å². The van der Waals surface area contributed by atoms with Gasteiger partial charge in [-0.3, -0.25) is 24.9 Å². The Morgan fingerprint density at radius 1 is 1.10 bits per heavy atom. The number of pyridine rings is 3. The fourth-order valence-corrected chi connectivity index (χ4v) is 4.96. The Kier molecular flexibility index (Phi) is 7.52. The molecule has 0 bridgehead atoms. The van der Waals surface area contributed by atoms with E-state index in [4.69, 9.17) is 5.73 Å². The molecule has 3 heterocycles. The summed E-state index contributed by atoms with van der Waals surface area (Å²) in [4.78, 5) is 34.9. The third-order valence-electron chi connectivity index (χ3n) is 6.48. The van der Waals surface area contributed by atoms with E-state index >= 15 is 0 Å². The van der Waals surface area contributed by atoms with Gasteiger partial charge in [0.2, 0.25) is 10.0 Å². The first-order valence-corrected chi connectivity index (χ1v) is 14.6. The number of fused-ring (bicyclic) bond motifs is 2. The molecule has 0 aliphatic heterocycles. The van der Waals surface area contributed by atoms with Crippen molar-refractivity contribution in [2.75, 3.05) is 18.5 Å². The van der Waals surface area contributed by atoms with Crippen LogP contribution in [0.3, 0.4) is 0 Å². The van der Waals surface area contributed by atoms with E-state index in [9.17, 15) is 18.0 Å². The molecule has 0 aliphatic rings. The van der Waals surface area contributed by atoms with Gasteiger partial charge in [-0.1, -0.05) is 42.2 Å². The molecule has 1 atom stereocenters. The first kappa shape index (κ1) is 27.5. The molecular weight excluding hydrogens is 540 g/mol. The second-order valence-electron chi connectivity index (χ2n) is 9.42. The van der Waals surface area contributed by atoms with E-state index in [0.29, 0.717) is 33.2 Å². The number of para-hydroxylation sites is 1. The van der Waals surface area contributed by atoms with Gasteiger partial charge >= 0.3 is 0 Å². The molecule has 10 nitrogen and oxygen atoms in total. The molecule has 1 unspecified atom stereocenters. The Balaban J connectivity index is 1.61. The zero-order chi connectivity index (χ0) is 29.1. The maximum atomic E-state index is 14.1. The highest BCUT2D eigenvalue weighted by Crippen LogP contribution is 2.24. The zero-order valence-electron chi connectivity index (χ0n) is 22.3. The number of carbonyl (C=O) groups excluding carboxylic acids is 1. The van der Waals surface area contributed by atoms with Crippen molar-refractivity contribution in [3.63, 3.8) is 0 Å². The van der Waals surface area contributed by atoms with Crippen LogP contribution in [-0.2, 0) is 10.0 Å². The van der Waals surface area contributed by atoms with Crippen molar-refractivity contribution in [1.29, 1.82) is 0 Å². The molecule has 5 rings (SSSR count).